The summed E-state index contributed by atoms with van der Waals surface area (Å²) in [5.74, 6) is 0.455. The maximum absolute atomic E-state index is 12.5. The van der Waals surface area contributed by atoms with Crippen molar-refractivity contribution in [2.24, 2.45) is 0 Å². The number of anilines is 3. The Morgan fingerprint density at radius 3 is 2.35 bits per heavy atom. The minimum Gasteiger partial charge on any atom is -0.325 e. The summed E-state index contributed by atoms with van der Waals surface area (Å²) in [6, 6.07) is 17.8. The number of nitrogens with zero attached hydrogens (tertiary/aromatic N) is 3. The Bertz CT molecular complexity index is 863. The van der Waals surface area contributed by atoms with Gasteiger partial charge in [0.15, 0.2) is 5.82 Å². The third kappa shape index (κ3) is 3.88. The fraction of sp³-hybridized carbons (Fsp3) is 0.190. The molecular formula is C21H22N4O. The Balaban J connectivity index is 1.77. The van der Waals surface area contributed by atoms with Crippen molar-refractivity contribution in [2.75, 3.05) is 16.8 Å². The highest BCUT2D eigenvalue weighted by Gasteiger charge is 2.13. The number of aryl methyl sites for hydroxylation is 1. The van der Waals surface area contributed by atoms with Gasteiger partial charge in [-0.05, 0) is 37.1 Å². The van der Waals surface area contributed by atoms with E-state index in [0.29, 0.717) is 11.5 Å². The molecule has 0 bridgehead atoms. The molecule has 26 heavy (non-hydrogen) atoms. The standard InChI is InChI=1S/C21H22N4O/c1-3-16-10-8-9-13-18(16)24-21(26)19-14-23-20(15-22-19)25(4-2)17-11-6-5-7-12-17/h5-15H,3-4H2,1-2H3,(H,24,26). The van der Waals surface area contributed by atoms with E-state index in [9.17, 15) is 4.79 Å². The average molecular weight is 346 g/mol. The Hall–Kier alpha value is -3.21. The van der Waals surface area contributed by atoms with Gasteiger partial charge in [-0.3, -0.25) is 4.79 Å². The SMILES string of the molecule is CCc1ccccc1NC(=O)c1cnc(N(CC)c2ccccc2)cn1. The first-order chi connectivity index (χ1) is 12.7. The summed E-state index contributed by atoms with van der Waals surface area (Å²) in [5.41, 5.74) is 3.24. The third-order valence-corrected chi connectivity index (χ3v) is 4.18. The lowest BCUT2D eigenvalue weighted by molar-refractivity contribution is 0.102. The number of amides is 1. The summed E-state index contributed by atoms with van der Waals surface area (Å²) >= 11 is 0. The molecule has 3 aromatic rings. The molecule has 132 valence electrons. The summed E-state index contributed by atoms with van der Waals surface area (Å²) in [4.78, 5) is 23.3. The fourth-order valence-corrected chi connectivity index (χ4v) is 2.80. The maximum atomic E-state index is 12.5. The third-order valence-electron chi connectivity index (χ3n) is 4.18. The number of benzene rings is 2. The molecule has 0 aliphatic heterocycles. The number of hydrogen-bond acceptors (Lipinski definition) is 4. The van der Waals surface area contributed by atoms with Crippen LogP contribution in [-0.4, -0.2) is 22.4 Å². The highest BCUT2D eigenvalue weighted by atomic mass is 16.1. The van der Waals surface area contributed by atoms with Crippen molar-refractivity contribution in [1.29, 1.82) is 0 Å². The van der Waals surface area contributed by atoms with Crippen molar-refractivity contribution < 1.29 is 4.79 Å². The van der Waals surface area contributed by atoms with Crippen molar-refractivity contribution in [3.05, 3.63) is 78.2 Å². The maximum Gasteiger partial charge on any atom is 0.275 e. The highest BCUT2D eigenvalue weighted by Crippen LogP contribution is 2.22. The number of hydrogen-bond donors (Lipinski definition) is 1. The zero-order valence-electron chi connectivity index (χ0n) is 15.0. The molecule has 5 heteroatoms. The quantitative estimate of drug-likeness (QED) is 0.716. The van der Waals surface area contributed by atoms with Gasteiger partial charge in [0, 0.05) is 17.9 Å². The van der Waals surface area contributed by atoms with Crippen LogP contribution in [0.25, 0.3) is 0 Å². The Morgan fingerprint density at radius 2 is 1.69 bits per heavy atom. The summed E-state index contributed by atoms with van der Waals surface area (Å²) in [6.45, 7) is 4.87. The molecule has 0 fully saturated rings. The van der Waals surface area contributed by atoms with Gasteiger partial charge < -0.3 is 10.2 Å². The van der Waals surface area contributed by atoms with Gasteiger partial charge in [-0.2, -0.15) is 0 Å². The van der Waals surface area contributed by atoms with Gasteiger partial charge >= 0.3 is 0 Å². The van der Waals surface area contributed by atoms with Gasteiger partial charge in [0.2, 0.25) is 0 Å². The average Bonchev–Trinajstić information content (AvgIpc) is 2.70. The molecule has 5 nitrogen and oxygen atoms in total. The normalized spacial score (nSPS) is 10.4. The van der Waals surface area contributed by atoms with Crippen LogP contribution in [0.2, 0.25) is 0 Å². The van der Waals surface area contributed by atoms with Gasteiger partial charge in [0.25, 0.3) is 5.91 Å². The van der Waals surface area contributed by atoms with E-state index >= 15 is 0 Å². The zero-order valence-corrected chi connectivity index (χ0v) is 15.0. The number of para-hydroxylation sites is 2. The van der Waals surface area contributed by atoms with E-state index < -0.39 is 0 Å². The first kappa shape index (κ1) is 17.6. The predicted octanol–water partition coefficient (Wildman–Crippen LogP) is 4.45. The number of rotatable bonds is 6. The van der Waals surface area contributed by atoms with E-state index in [0.717, 1.165) is 29.9 Å². The van der Waals surface area contributed by atoms with Crippen LogP contribution in [0, 0.1) is 0 Å². The molecule has 1 aromatic heterocycles. The molecule has 1 heterocycles. The monoisotopic (exact) mass is 346 g/mol. The molecule has 0 spiro atoms. The molecule has 0 aliphatic rings. The van der Waals surface area contributed by atoms with E-state index in [2.05, 4.69) is 29.1 Å². The minimum absolute atomic E-state index is 0.257. The molecule has 0 saturated heterocycles. The predicted molar refractivity (Wildman–Crippen MR) is 105 cm³/mol. The fourth-order valence-electron chi connectivity index (χ4n) is 2.80. The smallest absolute Gasteiger partial charge is 0.275 e. The van der Waals surface area contributed by atoms with Crippen LogP contribution in [0.5, 0.6) is 0 Å². The van der Waals surface area contributed by atoms with Crippen molar-refractivity contribution in [3.63, 3.8) is 0 Å². The minimum atomic E-state index is -0.257. The first-order valence-corrected chi connectivity index (χ1v) is 8.76. The van der Waals surface area contributed by atoms with E-state index in [1.54, 1.807) is 6.20 Å². The second-order valence-electron chi connectivity index (χ2n) is 5.80. The van der Waals surface area contributed by atoms with Gasteiger partial charge in [0.05, 0.1) is 12.4 Å². The van der Waals surface area contributed by atoms with Gasteiger partial charge in [-0.1, -0.05) is 43.3 Å². The van der Waals surface area contributed by atoms with Crippen LogP contribution in [0.15, 0.2) is 67.0 Å². The van der Waals surface area contributed by atoms with Crippen LogP contribution in [0.1, 0.15) is 29.9 Å². The van der Waals surface area contributed by atoms with Crippen LogP contribution in [0.3, 0.4) is 0 Å². The molecular weight excluding hydrogens is 324 g/mol. The molecule has 0 atom stereocenters. The number of carbonyl (C=O) groups excluding carboxylic acids is 1. The van der Waals surface area contributed by atoms with Gasteiger partial charge in [0.1, 0.15) is 5.69 Å². The molecule has 1 amide bonds. The zero-order chi connectivity index (χ0) is 18.4. The molecule has 0 unspecified atom stereocenters. The molecule has 2 aromatic carbocycles. The second kappa shape index (κ2) is 8.25. The highest BCUT2D eigenvalue weighted by molar-refractivity contribution is 6.03. The van der Waals surface area contributed by atoms with Crippen LogP contribution >= 0.6 is 0 Å². The second-order valence-corrected chi connectivity index (χ2v) is 5.80. The van der Waals surface area contributed by atoms with Gasteiger partial charge in [-0.25, -0.2) is 9.97 Å². The van der Waals surface area contributed by atoms with Crippen molar-refractivity contribution in [1.82, 2.24) is 9.97 Å². The first-order valence-electron chi connectivity index (χ1n) is 8.76. The van der Waals surface area contributed by atoms with Crippen LogP contribution in [0.4, 0.5) is 17.2 Å². The summed E-state index contributed by atoms with van der Waals surface area (Å²) in [6.07, 6.45) is 4.01. The van der Waals surface area contributed by atoms with Gasteiger partial charge in [-0.15, -0.1) is 0 Å². The molecule has 1 N–H and O–H groups in total. The molecule has 0 saturated carbocycles. The number of nitrogens with one attached hydrogen (secondary N) is 1. The molecule has 3 rings (SSSR count). The Labute approximate surface area is 153 Å². The van der Waals surface area contributed by atoms with E-state index in [-0.39, 0.29) is 5.91 Å². The topological polar surface area (TPSA) is 58.1 Å². The number of carbonyl (C=O) groups is 1. The Kier molecular flexibility index (Phi) is 5.59. The number of aromatic nitrogens is 2. The molecule has 0 radical (unpaired) electrons. The lowest BCUT2D eigenvalue weighted by Crippen LogP contribution is -2.19. The van der Waals surface area contributed by atoms with Crippen molar-refractivity contribution in [3.8, 4) is 0 Å². The van der Waals surface area contributed by atoms with E-state index in [4.69, 9.17) is 0 Å². The summed E-state index contributed by atoms with van der Waals surface area (Å²) < 4.78 is 0. The molecule has 0 aliphatic carbocycles. The lowest BCUT2D eigenvalue weighted by atomic mass is 10.1. The lowest BCUT2D eigenvalue weighted by Gasteiger charge is -2.21. The van der Waals surface area contributed by atoms with Crippen LogP contribution in [-0.2, 0) is 6.42 Å². The largest absolute Gasteiger partial charge is 0.325 e. The van der Waals surface area contributed by atoms with Crippen molar-refractivity contribution >= 4 is 23.1 Å². The summed E-state index contributed by atoms with van der Waals surface area (Å²) in [5, 5.41) is 2.92. The van der Waals surface area contributed by atoms with Crippen molar-refractivity contribution in [2.45, 2.75) is 20.3 Å². The van der Waals surface area contributed by atoms with Crippen LogP contribution < -0.4 is 10.2 Å². The van der Waals surface area contributed by atoms with E-state index in [1.165, 1.54) is 6.20 Å². The Morgan fingerprint density at radius 1 is 0.962 bits per heavy atom. The van der Waals surface area contributed by atoms with E-state index in [1.807, 2.05) is 59.5 Å². The summed E-state index contributed by atoms with van der Waals surface area (Å²) in [7, 11) is 0.